The molecule has 134 valence electrons. The Morgan fingerprint density at radius 2 is 1.77 bits per heavy atom. The fourth-order valence-corrected chi connectivity index (χ4v) is 3.78. The first-order chi connectivity index (χ1) is 12.5. The number of benzene rings is 2. The van der Waals surface area contributed by atoms with Crippen molar-refractivity contribution in [2.75, 3.05) is 17.8 Å². The minimum Gasteiger partial charge on any atom is -0.497 e. The Hall–Kier alpha value is -2.53. The fraction of sp³-hybridized carbons (Fsp3) is 0.238. The fourth-order valence-electron chi connectivity index (χ4n) is 2.92. The molecule has 0 N–H and O–H groups in total. The SMILES string of the molecule is CCSC1=C(c2ccc(C)c(C)c2)C(=O)N(c2cccc(OC)c2)C1=O. The summed E-state index contributed by atoms with van der Waals surface area (Å²) in [5.41, 5.74) is 4.03. The van der Waals surface area contributed by atoms with Crippen LogP contribution in [0.5, 0.6) is 5.75 Å². The normalized spacial score (nSPS) is 14.4. The number of imide groups is 1. The first kappa shape index (κ1) is 18.3. The van der Waals surface area contributed by atoms with E-state index < -0.39 is 0 Å². The Balaban J connectivity index is 2.10. The molecule has 1 aliphatic rings. The van der Waals surface area contributed by atoms with Gasteiger partial charge in [-0.25, -0.2) is 4.90 Å². The lowest BCUT2D eigenvalue weighted by atomic mass is 10.0. The highest BCUT2D eigenvalue weighted by Crippen LogP contribution is 2.39. The smallest absolute Gasteiger partial charge is 0.272 e. The van der Waals surface area contributed by atoms with E-state index >= 15 is 0 Å². The van der Waals surface area contributed by atoms with E-state index in [0.717, 1.165) is 16.7 Å². The molecule has 0 fully saturated rings. The Morgan fingerprint density at radius 1 is 1.00 bits per heavy atom. The summed E-state index contributed by atoms with van der Waals surface area (Å²) < 4.78 is 5.23. The third kappa shape index (κ3) is 3.15. The molecule has 0 spiro atoms. The van der Waals surface area contributed by atoms with Crippen molar-refractivity contribution in [3.63, 3.8) is 0 Å². The van der Waals surface area contributed by atoms with Crippen LogP contribution in [0.25, 0.3) is 5.57 Å². The van der Waals surface area contributed by atoms with Gasteiger partial charge in [-0.05, 0) is 48.4 Å². The summed E-state index contributed by atoms with van der Waals surface area (Å²) in [6, 6.07) is 12.9. The van der Waals surface area contributed by atoms with Crippen LogP contribution in [0.3, 0.4) is 0 Å². The van der Waals surface area contributed by atoms with Gasteiger partial charge in [0.25, 0.3) is 11.8 Å². The highest BCUT2D eigenvalue weighted by Gasteiger charge is 2.40. The van der Waals surface area contributed by atoms with Crippen molar-refractivity contribution in [3.05, 3.63) is 64.1 Å². The van der Waals surface area contributed by atoms with Crippen LogP contribution in [0.1, 0.15) is 23.6 Å². The molecule has 3 rings (SSSR count). The summed E-state index contributed by atoms with van der Waals surface area (Å²) in [5.74, 6) is 0.757. The average molecular weight is 367 g/mol. The van der Waals surface area contributed by atoms with E-state index in [-0.39, 0.29) is 11.8 Å². The molecule has 0 saturated heterocycles. The quantitative estimate of drug-likeness (QED) is 0.737. The molecular weight excluding hydrogens is 346 g/mol. The lowest BCUT2D eigenvalue weighted by Crippen LogP contribution is -2.31. The number of anilines is 1. The highest BCUT2D eigenvalue weighted by molar-refractivity contribution is 8.04. The van der Waals surface area contributed by atoms with Crippen molar-refractivity contribution in [3.8, 4) is 5.75 Å². The summed E-state index contributed by atoms with van der Waals surface area (Å²) in [4.78, 5) is 28.0. The van der Waals surface area contributed by atoms with Gasteiger partial charge in [-0.15, -0.1) is 11.8 Å². The van der Waals surface area contributed by atoms with Gasteiger partial charge in [0.1, 0.15) is 5.75 Å². The zero-order valence-corrected chi connectivity index (χ0v) is 16.1. The second-order valence-electron chi connectivity index (χ2n) is 6.08. The molecule has 2 aromatic carbocycles. The van der Waals surface area contributed by atoms with Crippen molar-refractivity contribution >= 4 is 34.8 Å². The zero-order chi connectivity index (χ0) is 18.8. The van der Waals surface area contributed by atoms with E-state index in [1.807, 2.05) is 39.0 Å². The standard InChI is InChI=1S/C21H21NO3S/c1-5-26-19-18(15-10-9-13(2)14(3)11-15)20(23)22(21(19)24)16-7-6-8-17(12-16)25-4/h6-12H,5H2,1-4H3. The van der Waals surface area contributed by atoms with Crippen LogP contribution in [0, 0.1) is 13.8 Å². The average Bonchev–Trinajstić information content (AvgIpc) is 2.88. The van der Waals surface area contributed by atoms with Crippen molar-refractivity contribution < 1.29 is 14.3 Å². The van der Waals surface area contributed by atoms with E-state index in [4.69, 9.17) is 4.74 Å². The number of hydrogen-bond donors (Lipinski definition) is 0. The molecule has 0 saturated carbocycles. The van der Waals surface area contributed by atoms with Gasteiger partial charge in [-0.1, -0.05) is 31.2 Å². The van der Waals surface area contributed by atoms with Gasteiger partial charge < -0.3 is 4.74 Å². The van der Waals surface area contributed by atoms with E-state index in [1.54, 1.807) is 31.4 Å². The van der Waals surface area contributed by atoms with Crippen LogP contribution in [-0.2, 0) is 9.59 Å². The van der Waals surface area contributed by atoms with Crippen molar-refractivity contribution in [2.24, 2.45) is 0 Å². The maximum atomic E-state index is 13.2. The van der Waals surface area contributed by atoms with E-state index in [1.165, 1.54) is 16.7 Å². The third-order valence-electron chi connectivity index (χ3n) is 4.44. The molecule has 2 aromatic rings. The second-order valence-corrected chi connectivity index (χ2v) is 7.36. The predicted molar refractivity (Wildman–Crippen MR) is 106 cm³/mol. The monoisotopic (exact) mass is 367 g/mol. The van der Waals surface area contributed by atoms with Gasteiger partial charge in [0.05, 0.1) is 23.3 Å². The summed E-state index contributed by atoms with van der Waals surface area (Å²) in [5, 5.41) is 0. The van der Waals surface area contributed by atoms with Gasteiger partial charge in [-0.2, -0.15) is 0 Å². The first-order valence-electron chi connectivity index (χ1n) is 8.45. The van der Waals surface area contributed by atoms with Gasteiger partial charge >= 0.3 is 0 Å². The Labute approximate surface area is 157 Å². The lowest BCUT2D eigenvalue weighted by molar-refractivity contribution is -0.119. The molecule has 4 nitrogen and oxygen atoms in total. The molecule has 1 heterocycles. The van der Waals surface area contributed by atoms with Crippen LogP contribution < -0.4 is 9.64 Å². The molecule has 0 atom stereocenters. The molecule has 2 amide bonds. The minimum absolute atomic E-state index is 0.275. The van der Waals surface area contributed by atoms with E-state index in [9.17, 15) is 9.59 Å². The van der Waals surface area contributed by atoms with E-state index in [0.29, 0.717) is 27.7 Å². The van der Waals surface area contributed by atoms with Crippen molar-refractivity contribution in [1.29, 1.82) is 0 Å². The Morgan fingerprint density at radius 3 is 2.42 bits per heavy atom. The highest BCUT2D eigenvalue weighted by atomic mass is 32.2. The van der Waals surface area contributed by atoms with E-state index in [2.05, 4.69) is 0 Å². The van der Waals surface area contributed by atoms with Crippen LogP contribution >= 0.6 is 11.8 Å². The second kappa shape index (κ2) is 7.38. The van der Waals surface area contributed by atoms with Crippen molar-refractivity contribution in [2.45, 2.75) is 20.8 Å². The number of ether oxygens (including phenoxy) is 1. The molecule has 0 aliphatic carbocycles. The summed E-state index contributed by atoms with van der Waals surface area (Å²) in [7, 11) is 1.56. The van der Waals surface area contributed by atoms with Crippen molar-refractivity contribution in [1.82, 2.24) is 0 Å². The predicted octanol–water partition coefficient (Wildman–Crippen LogP) is 4.35. The number of amides is 2. The summed E-state index contributed by atoms with van der Waals surface area (Å²) in [6.07, 6.45) is 0. The largest absolute Gasteiger partial charge is 0.497 e. The number of rotatable bonds is 5. The molecule has 0 aromatic heterocycles. The van der Waals surface area contributed by atoms with Crippen LogP contribution in [0.15, 0.2) is 47.4 Å². The Bertz CT molecular complexity index is 917. The molecule has 26 heavy (non-hydrogen) atoms. The number of hydrogen-bond acceptors (Lipinski definition) is 4. The number of aryl methyl sites for hydroxylation is 2. The number of carbonyl (C=O) groups is 2. The first-order valence-corrected chi connectivity index (χ1v) is 9.44. The maximum absolute atomic E-state index is 13.2. The molecule has 0 unspecified atom stereocenters. The van der Waals surface area contributed by atoms with Gasteiger partial charge in [0.2, 0.25) is 0 Å². The third-order valence-corrected chi connectivity index (χ3v) is 5.39. The lowest BCUT2D eigenvalue weighted by Gasteiger charge is -2.16. The number of nitrogens with zero attached hydrogens (tertiary/aromatic N) is 1. The summed E-state index contributed by atoms with van der Waals surface area (Å²) >= 11 is 1.41. The Kier molecular flexibility index (Phi) is 5.18. The van der Waals surface area contributed by atoms with Gasteiger partial charge in [-0.3, -0.25) is 9.59 Å². The number of thioether (sulfide) groups is 1. The van der Waals surface area contributed by atoms with Gasteiger partial charge in [0.15, 0.2) is 0 Å². The molecular formula is C21H21NO3S. The maximum Gasteiger partial charge on any atom is 0.272 e. The number of methoxy groups -OCH3 is 1. The van der Waals surface area contributed by atoms with Gasteiger partial charge in [0, 0.05) is 6.07 Å². The molecule has 5 heteroatoms. The zero-order valence-electron chi connectivity index (χ0n) is 15.3. The minimum atomic E-state index is -0.289. The molecule has 0 bridgehead atoms. The topological polar surface area (TPSA) is 46.6 Å². The summed E-state index contributed by atoms with van der Waals surface area (Å²) in [6.45, 7) is 6.01. The molecule has 1 aliphatic heterocycles. The van der Waals surface area contributed by atoms with Crippen LogP contribution in [0.4, 0.5) is 5.69 Å². The van der Waals surface area contributed by atoms with Crippen LogP contribution in [0.2, 0.25) is 0 Å². The molecule has 0 radical (unpaired) electrons. The van der Waals surface area contributed by atoms with Crippen LogP contribution in [-0.4, -0.2) is 24.7 Å². The number of carbonyl (C=O) groups excluding carboxylic acids is 2.